The van der Waals surface area contributed by atoms with Gasteiger partial charge in [-0.2, -0.15) is 0 Å². The molecule has 2 rings (SSSR count). The van der Waals surface area contributed by atoms with Crippen LogP contribution >= 0.6 is 11.3 Å². The van der Waals surface area contributed by atoms with Crippen molar-refractivity contribution in [2.24, 2.45) is 0 Å². The quantitative estimate of drug-likeness (QED) is 0.746. The Morgan fingerprint density at radius 1 is 1.20 bits per heavy atom. The molecule has 134 valence electrons. The van der Waals surface area contributed by atoms with Gasteiger partial charge in [-0.25, -0.2) is 4.98 Å². The maximum absolute atomic E-state index is 11.3. The van der Waals surface area contributed by atoms with Crippen LogP contribution in [0.25, 0.3) is 11.3 Å². The molecule has 1 heterocycles. The van der Waals surface area contributed by atoms with Crippen LogP contribution in [0, 0.1) is 0 Å². The third kappa shape index (κ3) is 4.93. The van der Waals surface area contributed by atoms with E-state index in [0.717, 1.165) is 11.3 Å². The standard InChI is InChI=1S/C17H20N2O5S/c1-4-23-12-7-6-11(8-13(12)24-5-2)16-14(9-15(21)22)25-17(19-16)18-10(3)20/h6-8H,4-5,9H2,1-3H3,(H,21,22)(H,18,19,20). The van der Waals surface area contributed by atoms with E-state index in [9.17, 15) is 9.59 Å². The monoisotopic (exact) mass is 364 g/mol. The third-order valence-corrected chi connectivity index (χ3v) is 4.08. The number of amides is 1. The van der Waals surface area contributed by atoms with Crippen molar-refractivity contribution in [2.45, 2.75) is 27.2 Å². The zero-order chi connectivity index (χ0) is 18.4. The second kappa shape index (κ2) is 8.48. The molecular weight excluding hydrogens is 344 g/mol. The average molecular weight is 364 g/mol. The number of aliphatic carboxylic acids is 1. The fourth-order valence-corrected chi connectivity index (χ4v) is 3.26. The van der Waals surface area contributed by atoms with Crippen LogP contribution in [0.1, 0.15) is 25.6 Å². The summed E-state index contributed by atoms with van der Waals surface area (Å²) in [5.74, 6) is -0.0403. The van der Waals surface area contributed by atoms with Crippen molar-refractivity contribution in [1.82, 2.24) is 4.98 Å². The summed E-state index contributed by atoms with van der Waals surface area (Å²) in [7, 11) is 0. The number of rotatable bonds is 8. The van der Waals surface area contributed by atoms with Gasteiger partial charge in [0.25, 0.3) is 0 Å². The van der Waals surface area contributed by atoms with E-state index in [1.165, 1.54) is 6.92 Å². The summed E-state index contributed by atoms with van der Waals surface area (Å²) in [4.78, 5) is 27.3. The van der Waals surface area contributed by atoms with Gasteiger partial charge in [-0.05, 0) is 32.0 Å². The lowest BCUT2D eigenvalue weighted by Crippen LogP contribution is -2.05. The number of carbonyl (C=O) groups is 2. The van der Waals surface area contributed by atoms with Crippen LogP contribution in [0.4, 0.5) is 5.13 Å². The van der Waals surface area contributed by atoms with Crippen molar-refractivity contribution in [3.63, 3.8) is 0 Å². The predicted octanol–water partition coefficient (Wildman–Crippen LogP) is 3.19. The molecule has 7 nitrogen and oxygen atoms in total. The minimum atomic E-state index is -0.963. The summed E-state index contributed by atoms with van der Waals surface area (Å²) < 4.78 is 11.1. The van der Waals surface area contributed by atoms with Crippen LogP contribution in [-0.4, -0.2) is 35.2 Å². The van der Waals surface area contributed by atoms with Crippen molar-refractivity contribution in [2.75, 3.05) is 18.5 Å². The molecular formula is C17H20N2O5S. The molecule has 0 aliphatic carbocycles. The van der Waals surface area contributed by atoms with E-state index in [1.807, 2.05) is 13.8 Å². The average Bonchev–Trinajstić information content (AvgIpc) is 2.90. The van der Waals surface area contributed by atoms with Crippen molar-refractivity contribution in [3.05, 3.63) is 23.1 Å². The zero-order valence-electron chi connectivity index (χ0n) is 14.3. The molecule has 0 fully saturated rings. The molecule has 0 saturated heterocycles. The molecule has 25 heavy (non-hydrogen) atoms. The number of ether oxygens (including phenoxy) is 2. The second-order valence-electron chi connectivity index (χ2n) is 5.07. The molecule has 0 aliphatic rings. The highest BCUT2D eigenvalue weighted by Gasteiger charge is 2.18. The molecule has 0 unspecified atom stereocenters. The Kier molecular flexibility index (Phi) is 6.35. The van der Waals surface area contributed by atoms with Crippen LogP contribution in [0.5, 0.6) is 11.5 Å². The SMILES string of the molecule is CCOc1ccc(-c2nc(NC(C)=O)sc2CC(=O)O)cc1OCC. The fourth-order valence-electron chi connectivity index (χ4n) is 2.24. The first-order valence-corrected chi connectivity index (χ1v) is 8.65. The van der Waals surface area contributed by atoms with E-state index >= 15 is 0 Å². The van der Waals surface area contributed by atoms with Gasteiger partial charge >= 0.3 is 5.97 Å². The maximum atomic E-state index is 11.3. The summed E-state index contributed by atoms with van der Waals surface area (Å²) in [6, 6.07) is 5.34. The van der Waals surface area contributed by atoms with E-state index < -0.39 is 5.97 Å². The smallest absolute Gasteiger partial charge is 0.308 e. The Hall–Kier alpha value is -2.61. The number of nitrogens with one attached hydrogen (secondary N) is 1. The highest BCUT2D eigenvalue weighted by atomic mass is 32.1. The first-order valence-electron chi connectivity index (χ1n) is 7.83. The van der Waals surface area contributed by atoms with Gasteiger partial charge in [0.15, 0.2) is 16.6 Å². The summed E-state index contributed by atoms with van der Waals surface area (Å²) in [5, 5.41) is 12.1. The summed E-state index contributed by atoms with van der Waals surface area (Å²) >= 11 is 1.15. The zero-order valence-corrected chi connectivity index (χ0v) is 15.1. The first kappa shape index (κ1) is 18.7. The normalized spacial score (nSPS) is 10.4. The first-order chi connectivity index (χ1) is 11.9. The Labute approximate surface area is 149 Å². The van der Waals surface area contributed by atoms with E-state index in [-0.39, 0.29) is 12.3 Å². The molecule has 0 atom stereocenters. The van der Waals surface area contributed by atoms with Gasteiger partial charge in [0, 0.05) is 17.4 Å². The van der Waals surface area contributed by atoms with Crippen LogP contribution in [-0.2, 0) is 16.0 Å². The van der Waals surface area contributed by atoms with Crippen LogP contribution < -0.4 is 14.8 Å². The van der Waals surface area contributed by atoms with E-state index in [4.69, 9.17) is 14.6 Å². The number of hydrogen-bond donors (Lipinski definition) is 2. The number of nitrogens with zero attached hydrogens (tertiary/aromatic N) is 1. The van der Waals surface area contributed by atoms with Gasteiger partial charge < -0.3 is 19.9 Å². The number of carboxylic acid groups (broad SMARTS) is 1. The van der Waals surface area contributed by atoms with Gasteiger partial charge in [-0.15, -0.1) is 11.3 Å². The highest BCUT2D eigenvalue weighted by molar-refractivity contribution is 7.16. The van der Waals surface area contributed by atoms with Crippen molar-refractivity contribution < 1.29 is 24.2 Å². The number of benzene rings is 1. The Bertz CT molecular complexity index is 772. The molecule has 0 bridgehead atoms. The summed E-state index contributed by atoms with van der Waals surface area (Å²) in [6.07, 6.45) is -0.177. The molecule has 8 heteroatoms. The molecule has 0 saturated carbocycles. The Balaban J connectivity index is 2.47. The minimum Gasteiger partial charge on any atom is -0.490 e. The molecule has 0 radical (unpaired) electrons. The third-order valence-electron chi connectivity index (χ3n) is 3.11. The number of thiazole rings is 1. The lowest BCUT2D eigenvalue weighted by atomic mass is 10.1. The minimum absolute atomic E-state index is 0.177. The van der Waals surface area contributed by atoms with Gasteiger partial charge in [0.05, 0.1) is 25.3 Å². The van der Waals surface area contributed by atoms with Crippen LogP contribution in [0.15, 0.2) is 18.2 Å². The van der Waals surface area contributed by atoms with Crippen LogP contribution in [0.2, 0.25) is 0 Å². The molecule has 2 aromatic rings. The van der Waals surface area contributed by atoms with Crippen molar-refractivity contribution in [3.8, 4) is 22.8 Å². The number of carbonyl (C=O) groups excluding carboxylic acids is 1. The molecule has 0 aliphatic heterocycles. The number of hydrogen-bond acceptors (Lipinski definition) is 6. The topological polar surface area (TPSA) is 97.8 Å². The van der Waals surface area contributed by atoms with E-state index in [2.05, 4.69) is 10.3 Å². The van der Waals surface area contributed by atoms with Gasteiger partial charge in [-0.3, -0.25) is 9.59 Å². The molecule has 1 amide bonds. The molecule has 1 aromatic heterocycles. The molecule has 1 aromatic carbocycles. The summed E-state index contributed by atoms with van der Waals surface area (Å²) in [6.45, 7) is 6.11. The van der Waals surface area contributed by atoms with Crippen molar-refractivity contribution in [1.29, 1.82) is 0 Å². The van der Waals surface area contributed by atoms with E-state index in [1.54, 1.807) is 18.2 Å². The van der Waals surface area contributed by atoms with Crippen LogP contribution in [0.3, 0.4) is 0 Å². The Morgan fingerprint density at radius 2 is 1.88 bits per heavy atom. The van der Waals surface area contributed by atoms with Gasteiger partial charge in [0.1, 0.15) is 0 Å². The maximum Gasteiger partial charge on any atom is 0.308 e. The second-order valence-corrected chi connectivity index (χ2v) is 6.15. The number of carboxylic acids is 1. The molecule has 2 N–H and O–H groups in total. The van der Waals surface area contributed by atoms with Gasteiger partial charge in [0.2, 0.25) is 5.91 Å². The lowest BCUT2D eigenvalue weighted by Gasteiger charge is -2.12. The molecule has 0 spiro atoms. The number of anilines is 1. The van der Waals surface area contributed by atoms with E-state index in [0.29, 0.717) is 46.0 Å². The van der Waals surface area contributed by atoms with Crippen molar-refractivity contribution >= 4 is 28.3 Å². The largest absolute Gasteiger partial charge is 0.490 e. The lowest BCUT2D eigenvalue weighted by molar-refractivity contribution is -0.136. The van der Waals surface area contributed by atoms with Gasteiger partial charge in [-0.1, -0.05) is 0 Å². The highest BCUT2D eigenvalue weighted by Crippen LogP contribution is 2.37. The Morgan fingerprint density at radius 3 is 2.48 bits per heavy atom. The number of aromatic nitrogens is 1. The fraction of sp³-hybridized carbons (Fsp3) is 0.353. The summed E-state index contributed by atoms with van der Waals surface area (Å²) in [5.41, 5.74) is 1.22. The predicted molar refractivity (Wildman–Crippen MR) is 95.5 cm³/mol.